The smallest absolute Gasteiger partial charge is 0.331 e. The molecule has 0 saturated heterocycles. The lowest BCUT2D eigenvalue weighted by Crippen LogP contribution is -2.08. The van der Waals surface area contributed by atoms with Crippen LogP contribution in [0.2, 0.25) is 0 Å². The predicted molar refractivity (Wildman–Crippen MR) is 115 cm³/mol. The molecule has 0 aliphatic heterocycles. The van der Waals surface area contributed by atoms with Crippen molar-refractivity contribution in [2.24, 2.45) is 0 Å². The maximum Gasteiger partial charge on any atom is 0.331 e. The van der Waals surface area contributed by atoms with Gasteiger partial charge in [0, 0.05) is 7.50 Å². The van der Waals surface area contributed by atoms with E-state index in [2.05, 4.69) is 0 Å². The van der Waals surface area contributed by atoms with E-state index >= 15 is 0 Å². The van der Waals surface area contributed by atoms with Gasteiger partial charge in [-0.25, -0.2) is 4.79 Å². The van der Waals surface area contributed by atoms with Crippen LogP contribution < -0.4 is 0 Å². The number of hydrogen-bond acceptors (Lipinski definition) is 4. The van der Waals surface area contributed by atoms with E-state index in [0.717, 1.165) is 11.1 Å². The summed E-state index contributed by atoms with van der Waals surface area (Å²) in [7, 11) is 0. The molecule has 1 unspecified atom stereocenters. The topological polar surface area (TPSA) is 52.6 Å². The first-order chi connectivity index (χ1) is 13.5. The molecule has 0 radical (unpaired) electrons. The number of allylic oxidation sites excluding steroid dienone is 1. The molecule has 1 atom stereocenters. The zero-order valence-corrected chi connectivity index (χ0v) is 17.2. The Balaban J connectivity index is 0.000000523. The molecule has 0 fully saturated rings. The minimum atomic E-state index is -0.283. The van der Waals surface area contributed by atoms with Crippen LogP contribution >= 0.6 is 0 Å². The monoisotopic (exact) mass is 384 g/mol. The fraction of sp³-hybridized carbons (Fsp3) is 0.333. The number of benzene rings is 2. The Kier molecular flexibility index (Phi) is 11.0. The van der Waals surface area contributed by atoms with Crippen LogP contribution in [0.15, 0.2) is 66.7 Å². The first-order valence-corrected chi connectivity index (χ1v) is 9.58. The van der Waals surface area contributed by atoms with E-state index in [1.807, 2.05) is 81.4 Å². The molecule has 4 heteroatoms. The van der Waals surface area contributed by atoms with E-state index in [1.165, 1.54) is 11.6 Å². The maximum atomic E-state index is 11.2. The highest BCUT2D eigenvalue weighted by Gasteiger charge is 2.10. The summed E-state index contributed by atoms with van der Waals surface area (Å²) in [6.07, 6.45) is 1.97. The Morgan fingerprint density at radius 1 is 0.929 bits per heavy atom. The van der Waals surface area contributed by atoms with Crippen LogP contribution in [-0.4, -0.2) is 25.2 Å². The van der Waals surface area contributed by atoms with Crippen LogP contribution in [0.4, 0.5) is 0 Å². The van der Waals surface area contributed by atoms with Gasteiger partial charge in [0.25, 0.3) is 0 Å². The quantitative estimate of drug-likeness (QED) is 0.458. The molecule has 0 aliphatic rings. The lowest BCUT2D eigenvalue weighted by Gasteiger charge is -2.10. The SMILES string of the molecule is CCOC(=O)/C=C(\C)c1ccccc1.CCOC(=O)CC(C)c1ccccc1.[HH]. The van der Waals surface area contributed by atoms with Crippen molar-refractivity contribution in [2.45, 2.75) is 40.0 Å². The Hall–Kier alpha value is -2.88. The lowest BCUT2D eigenvalue weighted by atomic mass is 9.98. The minimum absolute atomic E-state index is 0. The Morgan fingerprint density at radius 3 is 2.00 bits per heavy atom. The molecule has 4 nitrogen and oxygen atoms in total. The number of hydrogen-bond donors (Lipinski definition) is 0. The van der Waals surface area contributed by atoms with Gasteiger partial charge in [0.05, 0.1) is 19.6 Å². The minimum Gasteiger partial charge on any atom is -0.466 e. The van der Waals surface area contributed by atoms with E-state index < -0.39 is 0 Å². The number of carbonyl (C=O) groups is 2. The summed E-state index contributed by atoms with van der Waals surface area (Å²) in [6, 6.07) is 19.8. The van der Waals surface area contributed by atoms with Gasteiger partial charge in [-0.3, -0.25) is 4.79 Å². The molecule has 0 aliphatic carbocycles. The summed E-state index contributed by atoms with van der Waals surface area (Å²) in [4.78, 5) is 22.3. The molecule has 0 spiro atoms. The Labute approximate surface area is 169 Å². The molecular formula is C24H32O4. The molecule has 0 N–H and O–H groups in total. The first kappa shape index (κ1) is 23.2. The second-order valence-electron chi connectivity index (χ2n) is 6.27. The summed E-state index contributed by atoms with van der Waals surface area (Å²) in [5.74, 6) is -0.173. The lowest BCUT2D eigenvalue weighted by molar-refractivity contribution is -0.143. The van der Waals surface area contributed by atoms with Gasteiger partial charge in [-0.2, -0.15) is 0 Å². The molecule has 0 aromatic heterocycles. The summed E-state index contributed by atoms with van der Waals surface area (Å²) in [6.45, 7) is 8.42. The van der Waals surface area contributed by atoms with Crippen molar-refractivity contribution >= 4 is 17.5 Å². The molecule has 0 saturated carbocycles. The average Bonchev–Trinajstić information content (AvgIpc) is 2.70. The molecule has 152 valence electrons. The highest BCUT2D eigenvalue weighted by molar-refractivity contribution is 5.90. The summed E-state index contributed by atoms with van der Waals surface area (Å²) >= 11 is 0. The van der Waals surface area contributed by atoms with E-state index in [4.69, 9.17) is 9.47 Å². The van der Waals surface area contributed by atoms with E-state index in [0.29, 0.717) is 19.6 Å². The summed E-state index contributed by atoms with van der Waals surface area (Å²) in [5, 5.41) is 0. The molecule has 0 heterocycles. The van der Waals surface area contributed by atoms with Crippen LogP contribution in [0, 0.1) is 0 Å². The summed E-state index contributed by atoms with van der Waals surface area (Å²) < 4.78 is 9.71. The molecular weight excluding hydrogens is 352 g/mol. The van der Waals surface area contributed by atoms with Gasteiger partial charge in [-0.1, -0.05) is 67.6 Å². The number of ether oxygens (including phenoxy) is 2. The van der Waals surface area contributed by atoms with Crippen LogP contribution in [0.25, 0.3) is 5.57 Å². The average molecular weight is 385 g/mol. The van der Waals surface area contributed by atoms with Crippen molar-refractivity contribution < 1.29 is 20.5 Å². The molecule has 0 bridgehead atoms. The third-order valence-corrected chi connectivity index (χ3v) is 4.00. The van der Waals surface area contributed by atoms with Gasteiger partial charge in [-0.15, -0.1) is 0 Å². The largest absolute Gasteiger partial charge is 0.466 e. The third-order valence-electron chi connectivity index (χ3n) is 4.00. The van der Waals surface area contributed by atoms with Gasteiger partial charge in [0.2, 0.25) is 0 Å². The second-order valence-corrected chi connectivity index (χ2v) is 6.27. The van der Waals surface area contributed by atoms with Crippen LogP contribution in [0.1, 0.15) is 52.6 Å². The van der Waals surface area contributed by atoms with Crippen molar-refractivity contribution in [3.8, 4) is 0 Å². The Morgan fingerprint density at radius 2 is 1.46 bits per heavy atom. The highest BCUT2D eigenvalue weighted by Crippen LogP contribution is 2.18. The molecule has 2 rings (SSSR count). The zero-order valence-electron chi connectivity index (χ0n) is 17.2. The molecule has 28 heavy (non-hydrogen) atoms. The van der Waals surface area contributed by atoms with Gasteiger partial charge in [0.1, 0.15) is 0 Å². The van der Waals surface area contributed by atoms with E-state index in [1.54, 1.807) is 6.92 Å². The fourth-order valence-electron chi connectivity index (χ4n) is 2.51. The summed E-state index contributed by atoms with van der Waals surface area (Å²) in [5.41, 5.74) is 3.14. The standard InChI is InChI=1S/C12H16O2.C12H14O2.H2/c2*1-3-14-12(13)9-10(2)11-7-5-4-6-8-11;/h4-8,10H,3,9H2,1-2H3;4-9H,3H2,1-2H3;1H/b;10-9+;. The van der Waals surface area contributed by atoms with Crippen molar-refractivity contribution in [3.05, 3.63) is 77.9 Å². The predicted octanol–water partition coefficient (Wildman–Crippen LogP) is 5.64. The maximum absolute atomic E-state index is 11.2. The van der Waals surface area contributed by atoms with Crippen molar-refractivity contribution in [1.82, 2.24) is 0 Å². The molecule has 2 aromatic carbocycles. The Bertz CT molecular complexity index is 742. The van der Waals surface area contributed by atoms with Crippen molar-refractivity contribution in [2.75, 3.05) is 13.2 Å². The molecule has 2 aromatic rings. The highest BCUT2D eigenvalue weighted by atomic mass is 16.5. The van der Waals surface area contributed by atoms with Gasteiger partial charge in [-0.05, 0) is 43.4 Å². The van der Waals surface area contributed by atoms with Crippen LogP contribution in [0.3, 0.4) is 0 Å². The van der Waals surface area contributed by atoms with E-state index in [9.17, 15) is 9.59 Å². The van der Waals surface area contributed by atoms with Gasteiger partial charge < -0.3 is 9.47 Å². The fourth-order valence-corrected chi connectivity index (χ4v) is 2.51. The third kappa shape index (κ3) is 9.17. The van der Waals surface area contributed by atoms with Gasteiger partial charge >= 0.3 is 11.9 Å². The second kappa shape index (κ2) is 13.3. The number of rotatable bonds is 7. The molecule has 0 amide bonds. The number of esters is 2. The van der Waals surface area contributed by atoms with Crippen molar-refractivity contribution in [1.29, 1.82) is 0 Å². The zero-order chi connectivity index (χ0) is 20.8. The van der Waals surface area contributed by atoms with Gasteiger partial charge in [0.15, 0.2) is 0 Å². The van der Waals surface area contributed by atoms with Crippen molar-refractivity contribution in [3.63, 3.8) is 0 Å². The van der Waals surface area contributed by atoms with E-state index in [-0.39, 0.29) is 19.3 Å². The van der Waals surface area contributed by atoms with Crippen LogP contribution in [-0.2, 0) is 19.1 Å². The normalized spacial score (nSPS) is 11.6. The number of carbonyl (C=O) groups excluding carboxylic acids is 2. The first-order valence-electron chi connectivity index (χ1n) is 9.58. The van der Waals surface area contributed by atoms with Crippen LogP contribution in [0.5, 0.6) is 0 Å².